The third-order valence-corrected chi connectivity index (χ3v) is 13.5. The SMILES string of the molecule is CC1(C)c2ccccc2-c2ccc(-c3nc(-c4cccc(-c5ccccc5)c4)nc(-c4ccc5c(c4)c4ccccc4c4cc6c(cc54)C(C)(C)c4ccccc4-6)n3)cc21. The average molecular weight is 768 g/mol. The molecule has 60 heavy (non-hydrogen) atoms. The average Bonchev–Trinajstić information content (AvgIpc) is 3.67. The lowest BCUT2D eigenvalue weighted by Gasteiger charge is -2.22. The molecule has 0 unspecified atom stereocenters. The number of rotatable bonds is 4. The molecule has 0 N–H and O–H groups in total. The van der Waals surface area contributed by atoms with Crippen LogP contribution in [-0.4, -0.2) is 15.0 Å². The smallest absolute Gasteiger partial charge is 0.164 e. The van der Waals surface area contributed by atoms with E-state index in [1.807, 2.05) is 0 Å². The van der Waals surface area contributed by atoms with E-state index in [4.69, 9.17) is 15.0 Å². The Hall–Kier alpha value is -7.23. The first-order valence-corrected chi connectivity index (χ1v) is 20.9. The predicted molar refractivity (Wildman–Crippen MR) is 249 cm³/mol. The van der Waals surface area contributed by atoms with Crippen LogP contribution in [0.15, 0.2) is 176 Å². The van der Waals surface area contributed by atoms with Gasteiger partial charge in [-0.1, -0.05) is 173 Å². The number of aromatic nitrogens is 3. The van der Waals surface area contributed by atoms with Crippen LogP contribution < -0.4 is 0 Å². The minimum Gasteiger partial charge on any atom is -0.208 e. The predicted octanol–water partition coefficient (Wildman–Crippen LogP) is 14.6. The number of nitrogens with zero attached hydrogens (tertiary/aromatic N) is 3. The summed E-state index contributed by atoms with van der Waals surface area (Å²) in [6.45, 7) is 9.35. The molecule has 12 rings (SSSR count). The summed E-state index contributed by atoms with van der Waals surface area (Å²) in [5.74, 6) is 1.96. The van der Waals surface area contributed by atoms with Gasteiger partial charge in [0.25, 0.3) is 0 Å². The monoisotopic (exact) mass is 767 g/mol. The van der Waals surface area contributed by atoms with Gasteiger partial charge in [0.05, 0.1) is 0 Å². The third kappa shape index (κ3) is 5.05. The fourth-order valence-electron chi connectivity index (χ4n) is 10.4. The van der Waals surface area contributed by atoms with E-state index >= 15 is 0 Å². The van der Waals surface area contributed by atoms with Gasteiger partial charge >= 0.3 is 0 Å². The van der Waals surface area contributed by atoms with Crippen molar-refractivity contribution in [2.45, 2.75) is 38.5 Å². The summed E-state index contributed by atoms with van der Waals surface area (Å²) in [7, 11) is 0. The molecular formula is C57H41N3. The van der Waals surface area contributed by atoms with E-state index in [9.17, 15) is 0 Å². The van der Waals surface area contributed by atoms with Crippen molar-refractivity contribution in [3.8, 4) is 67.5 Å². The Bertz CT molecular complexity index is 3430. The second-order valence-electron chi connectivity index (χ2n) is 17.6. The number of hydrogen-bond donors (Lipinski definition) is 0. The van der Waals surface area contributed by atoms with E-state index in [-0.39, 0.29) is 10.8 Å². The molecule has 284 valence electrons. The van der Waals surface area contributed by atoms with Gasteiger partial charge in [0.1, 0.15) is 0 Å². The van der Waals surface area contributed by atoms with Crippen LogP contribution in [0.4, 0.5) is 0 Å². The zero-order valence-corrected chi connectivity index (χ0v) is 34.1. The number of benzene rings is 9. The lowest BCUT2D eigenvalue weighted by molar-refractivity contribution is 0.660. The molecule has 3 nitrogen and oxygen atoms in total. The number of hydrogen-bond acceptors (Lipinski definition) is 3. The first kappa shape index (κ1) is 34.8. The van der Waals surface area contributed by atoms with Crippen molar-refractivity contribution in [1.29, 1.82) is 0 Å². The molecule has 1 heterocycles. The van der Waals surface area contributed by atoms with Gasteiger partial charge in [0.15, 0.2) is 17.5 Å². The summed E-state index contributed by atoms with van der Waals surface area (Å²) in [6.07, 6.45) is 0. The lowest BCUT2D eigenvalue weighted by atomic mass is 9.81. The van der Waals surface area contributed by atoms with Crippen molar-refractivity contribution in [3.63, 3.8) is 0 Å². The molecule has 1 aromatic heterocycles. The quantitative estimate of drug-likeness (QED) is 0.167. The van der Waals surface area contributed by atoms with Gasteiger partial charge in [-0.3, -0.25) is 0 Å². The lowest BCUT2D eigenvalue weighted by Crippen LogP contribution is -2.15. The van der Waals surface area contributed by atoms with Gasteiger partial charge in [-0.15, -0.1) is 0 Å². The summed E-state index contributed by atoms with van der Waals surface area (Å²) in [5.41, 5.74) is 15.6. The molecule has 0 spiro atoms. The fourth-order valence-corrected chi connectivity index (χ4v) is 10.4. The van der Waals surface area contributed by atoms with Crippen LogP contribution in [0.2, 0.25) is 0 Å². The Labute approximate surface area is 350 Å². The minimum absolute atomic E-state index is 0.0942. The molecule has 3 heteroatoms. The van der Waals surface area contributed by atoms with Crippen molar-refractivity contribution >= 4 is 32.3 Å². The Morgan fingerprint density at radius 1 is 0.267 bits per heavy atom. The Kier molecular flexibility index (Phi) is 7.32. The van der Waals surface area contributed by atoms with E-state index < -0.39 is 0 Å². The van der Waals surface area contributed by atoms with Crippen LogP contribution in [-0.2, 0) is 10.8 Å². The molecule has 0 bridgehead atoms. The molecule has 2 aliphatic carbocycles. The largest absolute Gasteiger partial charge is 0.208 e. The first-order valence-electron chi connectivity index (χ1n) is 20.9. The molecule has 9 aromatic carbocycles. The topological polar surface area (TPSA) is 38.7 Å². The highest BCUT2D eigenvalue weighted by molar-refractivity contribution is 6.26. The molecule has 0 aliphatic heterocycles. The second-order valence-corrected chi connectivity index (χ2v) is 17.6. The molecule has 0 saturated heterocycles. The highest BCUT2D eigenvalue weighted by atomic mass is 15.0. The zero-order chi connectivity index (χ0) is 40.3. The molecule has 0 fully saturated rings. The number of fused-ring (bicyclic) bond motifs is 12. The highest BCUT2D eigenvalue weighted by Crippen LogP contribution is 2.52. The zero-order valence-electron chi connectivity index (χ0n) is 34.1. The summed E-state index contributed by atoms with van der Waals surface area (Å²) in [4.78, 5) is 15.9. The van der Waals surface area contributed by atoms with Crippen molar-refractivity contribution in [2.75, 3.05) is 0 Å². The Morgan fingerprint density at radius 3 is 1.40 bits per heavy atom. The van der Waals surface area contributed by atoms with Crippen molar-refractivity contribution in [2.24, 2.45) is 0 Å². The molecule has 2 aliphatic rings. The summed E-state index contributed by atoms with van der Waals surface area (Å²) in [6, 6.07) is 64.0. The van der Waals surface area contributed by atoms with Gasteiger partial charge in [-0.05, 0) is 118 Å². The second kappa shape index (κ2) is 12.6. The van der Waals surface area contributed by atoms with Gasteiger partial charge in [0.2, 0.25) is 0 Å². The maximum absolute atomic E-state index is 5.32. The van der Waals surface area contributed by atoms with Crippen LogP contribution in [0, 0.1) is 0 Å². The van der Waals surface area contributed by atoms with Crippen LogP contribution in [0.25, 0.3) is 99.9 Å². The van der Waals surface area contributed by atoms with Crippen LogP contribution in [0.3, 0.4) is 0 Å². The molecule has 0 saturated carbocycles. The van der Waals surface area contributed by atoms with Gasteiger partial charge in [0, 0.05) is 27.5 Å². The van der Waals surface area contributed by atoms with Crippen molar-refractivity contribution < 1.29 is 0 Å². The van der Waals surface area contributed by atoms with Crippen LogP contribution in [0.1, 0.15) is 49.9 Å². The maximum atomic E-state index is 5.32. The van der Waals surface area contributed by atoms with Gasteiger partial charge < -0.3 is 0 Å². The van der Waals surface area contributed by atoms with Crippen molar-refractivity contribution in [1.82, 2.24) is 15.0 Å². The van der Waals surface area contributed by atoms with E-state index in [1.54, 1.807) is 0 Å². The fraction of sp³-hybridized carbons (Fsp3) is 0.105. The molecule has 0 amide bonds. The summed E-state index contributed by atoms with van der Waals surface area (Å²) < 4.78 is 0. The van der Waals surface area contributed by atoms with Crippen LogP contribution >= 0.6 is 0 Å². The molecular weight excluding hydrogens is 727 g/mol. The van der Waals surface area contributed by atoms with Crippen LogP contribution in [0.5, 0.6) is 0 Å². The van der Waals surface area contributed by atoms with E-state index in [0.29, 0.717) is 17.5 Å². The van der Waals surface area contributed by atoms with Crippen molar-refractivity contribution in [3.05, 3.63) is 198 Å². The molecule has 0 atom stereocenters. The summed E-state index contributed by atoms with van der Waals surface area (Å²) in [5, 5.41) is 7.44. The Balaban J connectivity index is 1.07. The standard InChI is InChI=1S/C57H41N3/c1-56(2)49-23-12-10-21-42(49)44-28-26-38(31-51(44)56)55-59-53(36-18-14-17-35(29-36)34-15-6-5-7-16-34)58-54(60-55)37-25-27-41-45(30-37)39-19-8-9-20-40(39)46-32-48-43-22-11-13-24-50(43)57(3,4)52(48)33-47(41)46/h5-33H,1-4H3. The van der Waals surface area contributed by atoms with Gasteiger partial charge in [-0.25, -0.2) is 15.0 Å². The summed E-state index contributed by atoms with van der Waals surface area (Å²) >= 11 is 0. The maximum Gasteiger partial charge on any atom is 0.164 e. The molecule has 10 aromatic rings. The molecule has 0 radical (unpaired) electrons. The minimum atomic E-state index is -0.148. The van der Waals surface area contributed by atoms with E-state index in [1.165, 1.54) is 76.8 Å². The normalized spacial score (nSPS) is 14.3. The van der Waals surface area contributed by atoms with Gasteiger partial charge in [-0.2, -0.15) is 0 Å². The third-order valence-electron chi connectivity index (χ3n) is 13.5. The van der Waals surface area contributed by atoms with E-state index in [0.717, 1.165) is 27.8 Å². The Morgan fingerprint density at radius 2 is 0.717 bits per heavy atom. The van der Waals surface area contributed by atoms with E-state index in [2.05, 4.69) is 204 Å². The first-order chi connectivity index (χ1) is 29.2. The highest BCUT2D eigenvalue weighted by Gasteiger charge is 2.37.